The molecular weight excluding hydrogens is 400 g/mol. The maximum Gasteiger partial charge on any atom is 0.191 e. The normalized spacial score (nSPS) is 22.3. The Bertz CT molecular complexity index is 948. The quantitative estimate of drug-likeness (QED) is 0.562. The van der Waals surface area contributed by atoms with Gasteiger partial charge in [0, 0.05) is 44.4 Å². The Hall–Kier alpha value is -2.73. The monoisotopic (exact) mass is 434 g/mol. The first-order valence-electron chi connectivity index (χ1n) is 11.9. The topological polar surface area (TPSA) is 58.1 Å². The highest BCUT2D eigenvalue weighted by Gasteiger charge is 2.43. The van der Waals surface area contributed by atoms with Crippen LogP contribution in [0.2, 0.25) is 0 Å². The van der Waals surface area contributed by atoms with Crippen molar-refractivity contribution in [3.05, 3.63) is 59.7 Å². The fourth-order valence-corrected chi connectivity index (χ4v) is 5.38. The molecule has 1 spiro atoms. The highest BCUT2D eigenvalue weighted by molar-refractivity contribution is 5.80. The van der Waals surface area contributed by atoms with Gasteiger partial charge in [-0.2, -0.15) is 0 Å². The van der Waals surface area contributed by atoms with Crippen molar-refractivity contribution in [1.29, 1.82) is 0 Å². The number of benzene rings is 2. The van der Waals surface area contributed by atoms with Crippen LogP contribution >= 0.6 is 0 Å². The van der Waals surface area contributed by atoms with Crippen LogP contribution < -0.4 is 20.3 Å². The van der Waals surface area contributed by atoms with Crippen molar-refractivity contribution in [2.45, 2.75) is 50.3 Å². The van der Waals surface area contributed by atoms with Crippen LogP contribution in [0.4, 0.5) is 5.69 Å². The van der Waals surface area contributed by atoms with Gasteiger partial charge in [-0.25, -0.2) is 0 Å². The van der Waals surface area contributed by atoms with Gasteiger partial charge in [-0.1, -0.05) is 36.4 Å². The molecule has 2 aliphatic heterocycles. The predicted molar refractivity (Wildman–Crippen MR) is 128 cm³/mol. The van der Waals surface area contributed by atoms with E-state index in [4.69, 9.17) is 9.47 Å². The molecule has 170 valence electrons. The van der Waals surface area contributed by atoms with Crippen molar-refractivity contribution in [2.24, 2.45) is 4.99 Å². The number of guanidine groups is 1. The first-order valence-corrected chi connectivity index (χ1v) is 11.9. The largest absolute Gasteiger partial charge is 0.487 e. The number of anilines is 1. The SMILES string of the molecule is CN=C(NCc1ccccc1N1CCOCC1)NC1CC2(CCCC2)Oc2ccccc21. The Kier molecular flexibility index (Phi) is 6.21. The summed E-state index contributed by atoms with van der Waals surface area (Å²) in [6.45, 7) is 4.17. The minimum atomic E-state index is -0.0339. The van der Waals surface area contributed by atoms with Gasteiger partial charge in [-0.15, -0.1) is 0 Å². The van der Waals surface area contributed by atoms with Gasteiger partial charge in [0.1, 0.15) is 11.4 Å². The summed E-state index contributed by atoms with van der Waals surface area (Å²) >= 11 is 0. The Labute approximate surface area is 191 Å². The smallest absolute Gasteiger partial charge is 0.191 e. The van der Waals surface area contributed by atoms with Gasteiger partial charge in [0.05, 0.1) is 19.3 Å². The molecule has 2 aromatic carbocycles. The number of ether oxygens (including phenoxy) is 2. The lowest BCUT2D eigenvalue weighted by Gasteiger charge is -2.40. The van der Waals surface area contributed by atoms with Crippen molar-refractivity contribution in [3.8, 4) is 5.75 Å². The summed E-state index contributed by atoms with van der Waals surface area (Å²) in [6.07, 6.45) is 5.76. The van der Waals surface area contributed by atoms with Crippen molar-refractivity contribution in [3.63, 3.8) is 0 Å². The van der Waals surface area contributed by atoms with Crippen LogP contribution in [-0.2, 0) is 11.3 Å². The van der Waals surface area contributed by atoms with Crippen LogP contribution in [0.15, 0.2) is 53.5 Å². The first kappa shape index (κ1) is 21.1. The van der Waals surface area contributed by atoms with Crippen LogP contribution in [0.5, 0.6) is 5.75 Å². The van der Waals surface area contributed by atoms with Crippen molar-refractivity contribution in [2.75, 3.05) is 38.3 Å². The number of rotatable bonds is 4. The molecule has 3 aliphatic rings. The summed E-state index contributed by atoms with van der Waals surface area (Å²) in [6, 6.07) is 17.3. The van der Waals surface area contributed by atoms with E-state index in [-0.39, 0.29) is 11.6 Å². The third-order valence-electron chi connectivity index (χ3n) is 7.04. The molecule has 2 N–H and O–H groups in total. The third kappa shape index (κ3) is 4.42. The number of fused-ring (bicyclic) bond motifs is 1. The molecule has 0 amide bonds. The maximum absolute atomic E-state index is 6.52. The van der Waals surface area contributed by atoms with E-state index in [0.717, 1.165) is 63.8 Å². The maximum atomic E-state index is 6.52. The van der Waals surface area contributed by atoms with E-state index >= 15 is 0 Å². The fourth-order valence-electron chi connectivity index (χ4n) is 5.38. The van der Waals surface area contributed by atoms with Gasteiger partial charge >= 0.3 is 0 Å². The summed E-state index contributed by atoms with van der Waals surface area (Å²) in [4.78, 5) is 6.96. The zero-order valence-electron chi connectivity index (χ0n) is 19.0. The number of hydrogen-bond acceptors (Lipinski definition) is 4. The highest BCUT2D eigenvalue weighted by atomic mass is 16.5. The van der Waals surface area contributed by atoms with Crippen LogP contribution in [-0.4, -0.2) is 44.9 Å². The van der Waals surface area contributed by atoms with Crippen LogP contribution in [0.3, 0.4) is 0 Å². The predicted octanol–water partition coefficient (Wildman–Crippen LogP) is 4.02. The van der Waals surface area contributed by atoms with Gasteiger partial charge in [0.15, 0.2) is 5.96 Å². The van der Waals surface area contributed by atoms with Gasteiger partial charge < -0.3 is 25.0 Å². The Balaban J connectivity index is 1.30. The number of morpholine rings is 1. The lowest BCUT2D eigenvalue weighted by Crippen LogP contribution is -2.46. The van der Waals surface area contributed by atoms with Crippen molar-refractivity contribution < 1.29 is 9.47 Å². The molecule has 1 unspecified atom stereocenters. The average Bonchev–Trinajstić information content (AvgIpc) is 3.29. The first-order chi connectivity index (χ1) is 15.8. The Morgan fingerprint density at radius 3 is 2.62 bits per heavy atom. The molecule has 1 aliphatic carbocycles. The molecule has 0 aromatic heterocycles. The molecule has 32 heavy (non-hydrogen) atoms. The second kappa shape index (κ2) is 9.41. The molecule has 5 rings (SSSR count). The number of aliphatic imine (C=N–C) groups is 1. The fraction of sp³-hybridized carbons (Fsp3) is 0.500. The summed E-state index contributed by atoms with van der Waals surface area (Å²) in [5.41, 5.74) is 3.74. The zero-order valence-corrected chi connectivity index (χ0v) is 19.0. The van der Waals surface area contributed by atoms with Gasteiger partial charge in [-0.05, 0) is 43.4 Å². The van der Waals surface area contributed by atoms with E-state index in [1.165, 1.54) is 29.7 Å². The molecule has 2 heterocycles. The van der Waals surface area contributed by atoms with Gasteiger partial charge in [-0.3, -0.25) is 4.99 Å². The molecule has 0 radical (unpaired) electrons. The van der Waals surface area contributed by atoms with Crippen molar-refractivity contribution in [1.82, 2.24) is 10.6 Å². The van der Waals surface area contributed by atoms with E-state index in [1.807, 2.05) is 7.05 Å². The Morgan fingerprint density at radius 2 is 1.81 bits per heavy atom. The van der Waals surface area contributed by atoms with E-state index in [1.54, 1.807) is 0 Å². The minimum Gasteiger partial charge on any atom is -0.487 e. The summed E-state index contributed by atoms with van der Waals surface area (Å²) in [5, 5.41) is 7.27. The average molecular weight is 435 g/mol. The summed E-state index contributed by atoms with van der Waals surface area (Å²) in [5.74, 6) is 1.85. The Morgan fingerprint density at radius 1 is 1.06 bits per heavy atom. The van der Waals surface area contributed by atoms with Crippen LogP contribution in [0.25, 0.3) is 0 Å². The minimum absolute atomic E-state index is 0.0339. The van der Waals surface area contributed by atoms with Crippen LogP contribution in [0.1, 0.15) is 49.3 Å². The highest BCUT2D eigenvalue weighted by Crippen LogP contribution is 2.46. The molecule has 1 saturated carbocycles. The second-order valence-corrected chi connectivity index (χ2v) is 9.08. The second-order valence-electron chi connectivity index (χ2n) is 9.08. The van der Waals surface area contributed by atoms with E-state index in [2.05, 4.69) is 69.1 Å². The molecule has 2 fully saturated rings. The zero-order chi connectivity index (χ0) is 21.8. The number of para-hydroxylation sites is 2. The number of hydrogen-bond donors (Lipinski definition) is 2. The molecule has 6 heteroatoms. The molecule has 0 bridgehead atoms. The molecule has 6 nitrogen and oxygen atoms in total. The van der Waals surface area contributed by atoms with Gasteiger partial charge in [0.2, 0.25) is 0 Å². The van der Waals surface area contributed by atoms with E-state index in [0.29, 0.717) is 0 Å². The van der Waals surface area contributed by atoms with E-state index in [9.17, 15) is 0 Å². The lowest BCUT2D eigenvalue weighted by molar-refractivity contribution is 0.0396. The van der Waals surface area contributed by atoms with Gasteiger partial charge in [0.25, 0.3) is 0 Å². The number of nitrogens with zero attached hydrogens (tertiary/aromatic N) is 2. The molecule has 2 aromatic rings. The molecule has 1 saturated heterocycles. The third-order valence-corrected chi connectivity index (χ3v) is 7.04. The number of nitrogens with one attached hydrogen (secondary N) is 2. The van der Waals surface area contributed by atoms with Crippen molar-refractivity contribution >= 4 is 11.6 Å². The lowest BCUT2D eigenvalue weighted by atomic mass is 9.86. The molecular formula is C26H34N4O2. The summed E-state index contributed by atoms with van der Waals surface area (Å²) in [7, 11) is 1.85. The van der Waals surface area contributed by atoms with Crippen LogP contribution in [0, 0.1) is 0 Å². The van der Waals surface area contributed by atoms with E-state index < -0.39 is 0 Å². The summed E-state index contributed by atoms with van der Waals surface area (Å²) < 4.78 is 12.1. The standard InChI is InChI=1S/C26H34N4O2/c1-27-25(28-19-20-8-2-4-10-23(20)30-14-16-31-17-15-30)29-22-18-26(12-6-7-13-26)32-24-11-5-3-9-21(22)24/h2-5,8-11,22H,6-7,12-19H2,1H3,(H2,27,28,29). The molecule has 1 atom stereocenters.